The SMILES string of the molecule is Cc1c[nH]c2ncnc(N3CCC(CN)(C(=O)Nc4cccc(OC(=O)N(C)C)c4)CC3)c12.O=C(O)/C=C\C(=O)O. The van der Waals surface area contributed by atoms with Crippen LogP contribution in [0.25, 0.3) is 11.0 Å². The number of hydrogen-bond acceptors (Lipinski definition) is 9. The van der Waals surface area contributed by atoms with E-state index in [-0.39, 0.29) is 12.5 Å². The normalized spacial score (nSPS) is 14.2. The maximum atomic E-state index is 13.3. The van der Waals surface area contributed by atoms with Crippen LogP contribution >= 0.6 is 0 Å². The molecule has 0 spiro atoms. The van der Waals surface area contributed by atoms with Gasteiger partial charge in [0.2, 0.25) is 5.91 Å². The van der Waals surface area contributed by atoms with Crippen molar-refractivity contribution in [3.8, 4) is 5.75 Å². The van der Waals surface area contributed by atoms with E-state index in [0.717, 1.165) is 22.4 Å². The molecule has 14 nitrogen and oxygen atoms in total. The van der Waals surface area contributed by atoms with Gasteiger partial charge in [0.15, 0.2) is 0 Å². The molecule has 0 aliphatic carbocycles. The average Bonchev–Trinajstić information content (AvgIpc) is 3.33. The number of benzene rings is 1. The highest BCUT2D eigenvalue weighted by Gasteiger charge is 2.41. The van der Waals surface area contributed by atoms with E-state index in [9.17, 15) is 19.2 Å². The molecule has 0 unspecified atom stereocenters. The van der Waals surface area contributed by atoms with Gasteiger partial charge >= 0.3 is 18.0 Å². The Hall–Kier alpha value is -4.98. The molecule has 4 rings (SSSR count). The lowest BCUT2D eigenvalue weighted by Gasteiger charge is -2.40. The molecule has 2 amide bonds. The number of aliphatic carboxylic acids is 2. The summed E-state index contributed by atoms with van der Waals surface area (Å²) in [6, 6.07) is 6.78. The van der Waals surface area contributed by atoms with Gasteiger partial charge in [-0.1, -0.05) is 6.07 Å². The summed E-state index contributed by atoms with van der Waals surface area (Å²) in [6.07, 6.45) is 5.31. The molecule has 3 heterocycles. The molecule has 218 valence electrons. The first-order valence-corrected chi connectivity index (χ1v) is 12.6. The third kappa shape index (κ3) is 7.79. The molecule has 3 aromatic rings. The van der Waals surface area contributed by atoms with Crippen LogP contribution in [-0.4, -0.2) is 87.7 Å². The van der Waals surface area contributed by atoms with E-state index in [2.05, 4.69) is 25.2 Å². The lowest BCUT2D eigenvalue weighted by atomic mass is 9.77. The number of nitrogens with zero attached hydrogens (tertiary/aromatic N) is 4. The van der Waals surface area contributed by atoms with Crippen LogP contribution in [-0.2, 0) is 14.4 Å². The second-order valence-corrected chi connectivity index (χ2v) is 9.62. The van der Waals surface area contributed by atoms with Gasteiger partial charge in [-0.3, -0.25) is 4.79 Å². The molecular weight excluding hydrogens is 534 g/mol. The van der Waals surface area contributed by atoms with Crippen LogP contribution in [0.5, 0.6) is 5.75 Å². The van der Waals surface area contributed by atoms with Crippen LogP contribution in [0.3, 0.4) is 0 Å². The number of aromatic nitrogens is 3. The minimum absolute atomic E-state index is 0.133. The van der Waals surface area contributed by atoms with Crippen LogP contribution < -0.4 is 20.7 Å². The average molecular weight is 568 g/mol. The zero-order valence-electron chi connectivity index (χ0n) is 23.0. The van der Waals surface area contributed by atoms with Gasteiger partial charge in [0, 0.05) is 63.8 Å². The number of ether oxygens (including phenoxy) is 1. The fourth-order valence-electron chi connectivity index (χ4n) is 4.24. The number of carbonyl (C=O) groups is 4. The topological polar surface area (TPSA) is 204 Å². The highest BCUT2D eigenvalue weighted by Crippen LogP contribution is 2.36. The van der Waals surface area contributed by atoms with Gasteiger partial charge in [-0.2, -0.15) is 0 Å². The number of carboxylic acid groups (broad SMARTS) is 2. The minimum atomic E-state index is -1.26. The monoisotopic (exact) mass is 567 g/mol. The van der Waals surface area contributed by atoms with Crippen LogP contribution in [0.4, 0.5) is 16.3 Å². The van der Waals surface area contributed by atoms with Crippen molar-refractivity contribution in [2.45, 2.75) is 19.8 Å². The summed E-state index contributed by atoms with van der Waals surface area (Å²) in [4.78, 5) is 59.7. The van der Waals surface area contributed by atoms with Crippen molar-refractivity contribution in [3.63, 3.8) is 0 Å². The van der Waals surface area contributed by atoms with Gasteiger partial charge in [0.25, 0.3) is 0 Å². The molecule has 1 aromatic carbocycles. The Kier molecular flexibility index (Phi) is 9.98. The van der Waals surface area contributed by atoms with Crippen molar-refractivity contribution in [2.75, 3.05) is 43.9 Å². The number of nitrogens with two attached hydrogens (primary N) is 1. The number of nitrogens with one attached hydrogen (secondary N) is 2. The lowest BCUT2D eigenvalue weighted by molar-refractivity contribution is -0.134. The van der Waals surface area contributed by atoms with E-state index >= 15 is 0 Å². The molecule has 14 heteroatoms. The van der Waals surface area contributed by atoms with Gasteiger partial charge < -0.3 is 40.8 Å². The first-order valence-electron chi connectivity index (χ1n) is 12.6. The number of aryl methyl sites for hydroxylation is 1. The van der Waals surface area contributed by atoms with E-state index < -0.39 is 23.4 Å². The van der Waals surface area contributed by atoms with Crippen LogP contribution in [0.2, 0.25) is 0 Å². The number of amides is 2. The summed E-state index contributed by atoms with van der Waals surface area (Å²) in [5, 5.41) is 19.6. The van der Waals surface area contributed by atoms with Crippen molar-refractivity contribution >= 4 is 46.5 Å². The maximum absolute atomic E-state index is 13.3. The first-order chi connectivity index (χ1) is 19.5. The summed E-state index contributed by atoms with van der Waals surface area (Å²) >= 11 is 0. The Morgan fingerprint density at radius 2 is 1.80 bits per heavy atom. The number of carbonyl (C=O) groups excluding carboxylic acids is 2. The third-order valence-corrected chi connectivity index (χ3v) is 6.57. The Balaban J connectivity index is 0.000000507. The highest BCUT2D eigenvalue weighted by molar-refractivity contribution is 5.96. The van der Waals surface area contributed by atoms with E-state index in [0.29, 0.717) is 49.5 Å². The van der Waals surface area contributed by atoms with Crippen LogP contribution in [0.1, 0.15) is 18.4 Å². The summed E-state index contributed by atoms with van der Waals surface area (Å²) in [7, 11) is 3.21. The zero-order valence-corrected chi connectivity index (χ0v) is 23.0. The van der Waals surface area contributed by atoms with Crippen molar-refractivity contribution in [3.05, 3.63) is 54.5 Å². The zero-order chi connectivity index (χ0) is 30.2. The molecule has 0 atom stereocenters. The van der Waals surface area contributed by atoms with E-state index in [1.54, 1.807) is 44.7 Å². The molecule has 1 fully saturated rings. The maximum Gasteiger partial charge on any atom is 0.414 e. The quantitative estimate of drug-likeness (QED) is 0.262. The predicted molar refractivity (Wildman–Crippen MR) is 151 cm³/mol. The van der Waals surface area contributed by atoms with E-state index in [1.807, 2.05) is 13.1 Å². The number of hydrogen-bond donors (Lipinski definition) is 5. The minimum Gasteiger partial charge on any atom is -0.478 e. The third-order valence-electron chi connectivity index (χ3n) is 6.57. The van der Waals surface area contributed by atoms with Crippen molar-refractivity contribution in [2.24, 2.45) is 11.1 Å². The Morgan fingerprint density at radius 3 is 2.39 bits per heavy atom. The van der Waals surface area contributed by atoms with Crippen molar-refractivity contribution < 1.29 is 34.1 Å². The van der Waals surface area contributed by atoms with E-state index in [4.69, 9.17) is 20.7 Å². The predicted octanol–water partition coefficient (Wildman–Crippen LogP) is 2.22. The largest absolute Gasteiger partial charge is 0.478 e. The summed E-state index contributed by atoms with van der Waals surface area (Å²) in [5.74, 6) is -1.41. The Labute approximate surface area is 235 Å². The molecule has 2 aromatic heterocycles. The first kappa shape index (κ1) is 30.6. The van der Waals surface area contributed by atoms with Gasteiger partial charge in [-0.15, -0.1) is 0 Å². The van der Waals surface area contributed by atoms with Crippen LogP contribution in [0, 0.1) is 12.3 Å². The molecule has 1 aliphatic heterocycles. The molecule has 0 bridgehead atoms. The molecular formula is C27H33N7O7. The Bertz CT molecular complexity index is 1430. The molecule has 0 radical (unpaired) electrons. The second kappa shape index (κ2) is 13.4. The molecule has 41 heavy (non-hydrogen) atoms. The fourth-order valence-corrected chi connectivity index (χ4v) is 4.24. The highest BCUT2D eigenvalue weighted by atomic mass is 16.6. The number of aromatic amines is 1. The summed E-state index contributed by atoms with van der Waals surface area (Å²) in [6.45, 7) is 3.57. The van der Waals surface area contributed by atoms with Gasteiger partial charge in [0.05, 0.1) is 10.8 Å². The summed E-state index contributed by atoms with van der Waals surface area (Å²) in [5.41, 5.74) is 7.88. The molecule has 0 saturated carbocycles. The van der Waals surface area contributed by atoms with Gasteiger partial charge in [-0.25, -0.2) is 24.4 Å². The number of fused-ring (bicyclic) bond motifs is 1. The standard InChI is InChI=1S/C23H29N7O3.C4H4O4/c1-15-12-25-19-18(15)20(27-14-26-19)30-9-7-23(13-24,8-10-30)21(31)28-16-5-4-6-17(11-16)33-22(32)29(2)3;5-3(6)1-2-4(7)8/h4-6,11-12,14H,7-10,13,24H2,1-3H3,(H,28,31)(H,25,26,27);1-2H,(H,5,6)(H,7,8)/b;2-1-. The lowest BCUT2D eigenvalue weighted by Crippen LogP contribution is -2.50. The van der Waals surface area contributed by atoms with Gasteiger partial charge in [-0.05, 0) is 37.5 Å². The number of anilines is 2. The molecule has 1 aliphatic rings. The van der Waals surface area contributed by atoms with Crippen LogP contribution in [0.15, 0.2) is 48.9 Å². The number of piperidine rings is 1. The molecule has 1 saturated heterocycles. The summed E-state index contributed by atoms with van der Waals surface area (Å²) < 4.78 is 5.29. The van der Waals surface area contributed by atoms with Gasteiger partial charge in [0.1, 0.15) is 23.5 Å². The number of rotatable bonds is 7. The molecule has 6 N–H and O–H groups in total. The Morgan fingerprint density at radius 1 is 1.15 bits per heavy atom. The second-order valence-electron chi connectivity index (χ2n) is 9.62. The van der Waals surface area contributed by atoms with Crippen molar-refractivity contribution in [1.82, 2.24) is 19.9 Å². The number of carboxylic acids is 2. The smallest absolute Gasteiger partial charge is 0.414 e. The number of H-pyrrole nitrogens is 1. The van der Waals surface area contributed by atoms with Crippen molar-refractivity contribution in [1.29, 1.82) is 0 Å². The fraction of sp³-hybridized carbons (Fsp3) is 0.333. The van der Waals surface area contributed by atoms with E-state index in [1.165, 1.54) is 4.90 Å².